The Morgan fingerprint density at radius 1 is 0.688 bits per heavy atom. The lowest BCUT2D eigenvalue weighted by Crippen LogP contribution is -2.08. The number of carbonyl (C=O) groups excluding carboxylic acids is 2. The van der Waals surface area contributed by atoms with E-state index in [1.807, 2.05) is 0 Å². The molecule has 6 nitrogen and oxygen atoms in total. The molecule has 0 radical (unpaired) electrons. The van der Waals surface area contributed by atoms with E-state index in [1.165, 1.54) is 87.6 Å². The van der Waals surface area contributed by atoms with Crippen molar-refractivity contribution in [2.45, 2.75) is 81.4 Å². The minimum atomic E-state index is -3.74. The molecule has 0 aliphatic rings. The van der Waals surface area contributed by atoms with Crippen LogP contribution in [0.15, 0.2) is 58.3 Å². The molecule has 2 rings (SSSR count). The Kier molecular flexibility index (Phi) is 10.4. The number of unbranched alkanes of at least 4 members (excludes halogenated alkanes) is 7. The summed E-state index contributed by atoms with van der Waals surface area (Å²) in [5.41, 5.74) is 0. The summed E-state index contributed by atoms with van der Waals surface area (Å²) in [6.07, 6.45) is 9.55. The first kappa shape index (κ1) is 25.6. The van der Waals surface area contributed by atoms with Crippen molar-refractivity contribution in [2.24, 2.45) is 0 Å². The molecule has 0 saturated heterocycles. The summed E-state index contributed by atoms with van der Waals surface area (Å²) >= 11 is 0. The van der Waals surface area contributed by atoms with Crippen molar-refractivity contribution in [3.05, 3.63) is 48.5 Å². The van der Waals surface area contributed by atoms with E-state index in [1.54, 1.807) is 0 Å². The van der Waals surface area contributed by atoms with Crippen LogP contribution in [0.1, 0.15) is 71.6 Å². The average molecular weight is 461 g/mol. The monoisotopic (exact) mass is 460 g/mol. The maximum absolute atomic E-state index is 12.8. The minimum absolute atomic E-state index is 0.0767. The topological polar surface area (TPSA) is 86.7 Å². The van der Waals surface area contributed by atoms with Gasteiger partial charge in [-0.2, -0.15) is 0 Å². The number of sulfone groups is 1. The summed E-state index contributed by atoms with van der Waals surface area (Å²) in [4.78, 5) is 23.2. The van der Waals surface area contributed by atoms with Crippen molar-refractivity contribution in [1.82, 2.24) is 0 Å². The van der Waals surface area contributed by atoms with Crippen molar-refractivity contribution in [2.75, 3.05) is 0 Å². The molecule has 0 spiro atoms. The molecule has 0 saturated carbocycles. The lowest BCUT2D eigenvalue weighted by atomic mass is 10.1. The van der Waals surface area contributed by atoms with Crippen LogP contribution in [0, 0.1) is 0 Å². The number of benzene rings is 2. The Labute approximate surface area is 190 Å². The van der Waals surface area contributed by atoms with Gasteiger partial charge < -0.3 is 9.47 Å². The molecule has 174 valence electrons. The highest BCUT2D eigenvalue weighted by molar-refractivity contribution is 7.91. The van der Waals surface area contributed by atoms with E-state index in [9.17, 15) is 18.0 Å². The fourth-order valence-electron chi connectivity index (χ4n) is 3.26. The molecule has 0 heterocycles. The third-order valence-electron chi connectivity index (χ3n) is 5.00. The molecule has 2 aromatic carbocycles. The number of esters is 2. The first-order valence-electron chi connectivity index (χ1n) is 11.2. The molecule has 2 aromatic rings. The van der Waals surface area contributed by atoms with Gasteiger partial charge in [0.25, 0.3) is 0 Å². The molecule has 0 N–H and O–H groups in total. The van der Waals surface area contributed by atoms with E-state index in [-0.39, 0.29) is 21.5 Å². The molecule has 0 fully saturated rings. The first-order chi connectivity index (χ1) is 15.3. The van der Waals surface area contributed by atoms with E-state index >= 15 is 0 Å². The third-order valence-corrected chi connectivity index (χ3v) is 6.78. The van der Waals surface area contributed by atoms with Crippen LogP contribution < -0.4 is 9.47 Å². The van der Waals surface area contributed by atoms with Crippen LogP contribution in [0.4, 0.5) is 0 Å². The van der Waals surface area contributed by atoms with Crippen LogP contribution in [0.3, 0.4) is 0 Å². The molecule has 0 aliphatic heterocycles. The van der Waals surface area contributed by atoms with E-state index < -0.39 is 15.8 Å². The predicted octanol–water partition coefficient (Wildman–Crippen LogP) is 5.88. The van der Waals surface area contributed by atoms with Gasteiger partial charge in [0, 0.05) is 13.3 Å². The zero-order valence-electron chi connectivity index (χ0n) is 18.8. The summed E-state index contributed by atoms with van der Waals surface area (Å²) in [6.45, 7) is 3.47. The SMILES string of the molecule is CCCCCCCCCCC(=O)Oc1ccc(S(=O)(=O)c2ccc(OC(C)=O)cc2)cc1. The van der Waals surface area contributed by atoms with Crippen LogP contribution in [0.5, 0.6) is 11.5 Å². The second kappa shape index (κ2) is 13.0. The molecule has 0 aromatic heterocycles. The van der Waals surface area contributed by atoms with Gasteiger partial charge >= 0.3 is 11.9 Å². The van der Waals surface area contributed by atoms with Crippen molar-refractivity contribution in [3.8, 4) is 11.5 Å². The van der Waals surface area contributed by atoms with Gasteiger partial charge in [-0.25, -0.2) is 8.42 Å². The van der Waals surface area contributed by atoms with Crippen LogP contribution >= 0.6 is 0 Å². The Morgan fingerprint density at radius 3 is 1.59 bits per heavy atom. The maximum atomic E-state index is 12.8. The number of hydrogen-bond donors (Lipinski definition) is 0. The van der Waals surface area contributed by atoms with Gasteiger partial charge in [-0.1, -0.05) is 51.9 Å². The Balaban J connectivity index is 1.83. The van der Waals surface area contributed by atoms with E-state index in [0.29, 0.717) is 12.2 Å². The van der Waals surface area contributed by atoms with Crippen LogP contribution in [0.25, 0.3) is 0 Å². The molecular formula is C25H32O6S. The fraction of sp³-hybridized carbons (Fsp3) is 0.440. The summed E-state index contributed by atoms with van der Waals surface area (Å²) in [6, 6.07) is 11.4. The highest BCUT2D eigenvalue weighted by Gasteiger charge is 2.18. The molecule has 7 heteroatoms. The summed E-state index contributed by atoms with van der Waals surface area (Å²) < 4.78 is 35.8. The minimum Gasteiger partial charge on any atom is -0.427 e. The lowest BCUT2D eigenvalue weighted by molar-refractivity contribution is -0.134. The fourth-order valence-corrected chi connectivity index (χ4v) is 4.52. The lowest BCUT2D eigenvalue weighted by Gasteiger charge is -2.08. The highest BCUT2D eigenvalue weighted by atomic mass is 32.2. The van der Waals surface area contributed by atoms with Crippen LogP contribution in [0.2, 0.25) is 0 Å². The zero-order chi connectivity index (χ0) is 23.4. The molecule has 0 atom stereocenters. The van der Waals surface area contributed by atoms with Gasteiger partial charge in [-0.3, -0.25) is 9.59 Å². The standard InChI is InChI=1S/C25H32O6S/c1-3-4-5-6-7-8-9-10-11-25(27)31-22-14-18-24(19-15-22)32(28,29)23-16-12-21(13-17-23)30-20(2)26/h12-19H,3-11H2,1-2H3. The Hall–Kier alpha value is -2.67. The van der Waals surface area contributed by atoms with Gasteiger partial charge in [0.05, 0.1) is 9.79 Å². The normalized spacial score (nSPS) is 11.2. The molecule has 0 bridgehead atoms. The predicted molar refractivity (Wildman–Crippen MR) is 123 cm³/mol. The molecule has 0 aliphatic carbocycles. The van der Waals surface area contributed by atoms with E-state index in [4.69, 9.17) is 9.47 Å². The van der Waals surface area contributed by atoms with Crippen molar-refractivity contribution >= 4 is 21.8 Å². The average Bonchev–Trinajstić information content (AvgIpc) is 2.76. The van der Waals surface area contributed by atoms with E-state index in [0.717, 1.165) is 19.3 Å². The quantitative estimate of drug-likeness (QED) is 0.211. The summed E-state index contributed by atoms with van der Waals surface area (Å²) in [5, 5.41) is 0. The van der Waals surface area contributed by atoms with Gasteiger partial charge in [0.1, 0.15) is 11.5 Å². The van der Waals surface area contributed by atoms with Crippen molar-refractivity contribution < 1.29 is 27.5 Å². The molecule has 0 unspecified atom stereocenters. The summed E-state index contributed by atoms with van der Waals surface area (Å²) in [5.74, 6) is -0.199. The number of rotatable bonds is 13. The van der Waals surface area contributed by atoms with E-state index in [2.05, 4.69) is 6.92 Å². The smallest absolute Gasteiger partial charge is 0.311 e. The van der Waals surface area contributed by atoms with Crippen LogP contribution in [-0.2, 0) is 19.4 Å². The van der Waals surface area contributed by atoms with Gasteiger partial charge in [-0.15, -0.1) is 0 Å². The zero-order valence-corrected chi connectivity index (χ0v) is 19.7. The molecule has 32 heavy (non-hydrogen) atoms. The second-order valence-electron chi connectivity index (χ2n) is 7.74. The van der Waals surface area contributed by atoms with Gasteiger partial charge in [0.2, 0.25) is 9.84 Å². The maximum Gasteiger partial charge on any atom is 0.311 e. The first-order valence-corrected chi connectivity index (χ1v) is 12.7. The van der Waals surface area contributed by atoms with Crippen molar-refractivity contribution in [1.29, 1.82) is 0 Å². The number of carbonyl (C=O) groups is 2. The number of ether oxygens (including phenoxy) is 2. The largest absolute Gasteiger partial charge is 0.427 e. The number of hydrogen-bond acceptors (Lipinski definition) is 6. The van der Waals surface area contributed by atoms with Gasteiger partial charge in [-0.05, 0) is 55.0 Å². The second-order valence-corrected chi connectivity index (χ2v) is 9.69. The molecular weight excluding hydrogens is 428 g/mol. The highest BCUT2D eigenvalue weighted by Crippen LogP contribution is 2.25. The van der Waals surface area contributed by atoms with Gasteiger partial charge in [0.15, 0.2) is 0 Å². The Morgan fingerprint density at radius 2 is 1.12 bits per heavy atom. The third kappa shape index (κ3) is 8.46. The summed E-state index contributed by atoms with van der Waals surface area (Å²) in [7, 11) is -3.74. The van der Waals surface area contributed by atoms with Crippen molar-refractivity contribution in [3.63, 3.8) is 0 Å². The molecule has 0 amide bonds. The van der Waals surface area contributed by atoms with Crippen LogP contribution in [-0.4, -0.2) is 20.4 Å². The Bertz CT molecular complexity index is 962.